The van der Waals surface area contributed by atoms with E-state index in [9.17, 15) is 9.59 Å². The Labute approximate surface area is 177 Å². The molecule has 2 amide bonds. The highest BCUT2D eigenvalue weighted by molar-refractivity contribution is 7.20. The number of aryl methyl sites for hydroxylation is 1. The lowest BCUT2D eigenvalue weighted by molar-refractivity contribution is -0.128. The first-order chi connectivity index (χ1) is 14.5. The second-order valence-corrected chi connectivity index (χ2v) is 8.14. The first-order valence-electron chi connectivity index (χ1n) is 9.57. The van der Waals surface area contributed by atoms with Gasteiger partial charge < -0.3 is 19.7 Å². The third-order valence-corrected chi connectivity index (χ3v) is 5.99. The number of carbonyl (C=O) groups is 2. The summed E-state index contributed by atoms with van der Waals surface area (Å²) < 4.78 is 12.9. The number of thiazole rings is 1. The smallest absolute Gasteiger partial charge is 0.230 e. The van der Waals surface area contributed by atoms with E-state index in [0.717, 1.165) is 21.7 Å². The number of hydrogen-bond acceptors (Lipinski definition) is 7. The highest BCUT2D eigenvalue weighted by atomic mass is 32.1. The number of nitrogens with zero attached hydrogens (tertiary/aromatic N) is 4. The Bertz CT molecular complexity index is 1090. The van der Waals surface area contributed by atoms with Crippen LogP contribution in [-0.2, 0) is 14.3 Å². The number of anilines is 1. The molecule has 0 saturated carbocycles. The maximum Gasteiger partial charge on any atom is 0.230 e. The van der Waals surface area contributed by atoms with Gasteiger partial charge >= 0.3 is 0 Å². The molecule has 30 heavy (non-hydrogen) atoms. The first kappa shape index (κ1) is 20.3. The van der Waals surface area contributed by atoms with Gasteiger partial charge in [0, 0.05) is 32.7 Å². The molecule has 1 aliphatic rings. The zero-order valence-electron chi connectivity index (χ0n) is 17.0. The summed E-state index contributed by atoms with van der Waals surface area (Å²) in [5, 5.41) is 8.07. The first-order valence-corrected chi connectivity index (χ1v) is 10.4. The van der Waals surface area contributed by atoms with Crippen molar-refractivity contribution in [3.63, 3.8) is 0 Å². The molecule has 0 radical (unpaired) electrons. The predicted octanol–water partition coefficient (Wildman–Crippen LogP) is 2.23. The van der Waals surface area contributed by atoms with Crippen LogP contribution in [0.15, 0.2) is 24.3 Å². The number of ether oxygens (including phenoxy) is 2. The van der Waals surface area contributed by atoms with Gasteiger partial charge in [0.15, 0.2) is 0 Å². The number of amides is 2. The second kappa shape index (κ2) is 8.41. The number of carbonyl (C=O) groups excluding carboxylic acids is 2. The molecule has 0 spiro atoms. The Kier molecular flexibility index (Phi) is 5.69. The maximum absolute atomic E-state index is 12.8. The van der Waals surface area contributed by atoms with Gasteiger partial charge in [0.25, 0.3) is 0 Å². The minimum absolute atomic E-state index is 0.0305. The lowest BCUT2D eigenvalue weighted by Crippen LogP contribution is -2.31. The topological polar surface area (TPSA) is 98.6 Å². The second-order valence-electron chi connectivity index (χ2n) is 7.14. The average Bonchev–Trinajstić information content (AvgIpc) is 3.42. The number of aromatic nitrogens is 3. The highest BCUT2D eigenvalue weighted by Gasteiger charge is 2.34. The summed E-state index contributed by atoms with van der Waals surface area (Å²) in [4.78, 5) is 31.3. The number of nitrogens with one attached hydrogen (secondary N) is 1. The van der Waals surface area contributed by atoms with Crippen molar-refractivity contribution in [3.05, 3.63) is 30.0 Å². The Balaban J connectivity index is 1.54. The van der Waals surface area contributed by atoms with Crippen molar-refractivity contribution in [1.82, 2.24) is 19.7 Å². The predicted molar refractivity (Wildman–Crippen MR) is 113 cm³/mol. The van der Waals surface area contributed by atoms with E-state index in [2.05, 4.69) is 15.4 Å². The van der Waals surface area contributed by atoms with Crippen LogP contribution in [0.5, 0.6) is 5.75 Å². The van der Waals surface area contributed by atoms with Crippen LogP contribution in [0.1, 0.15) is 12.1 Å². The Morgan fingerprint density at radius 1 is 1.33 bits per heavy atom. The van der Waals surface area contributed by atoms with Crippen LogP contribution < -0.4 is 10.1 Å². The summed E-state index contributed by atoms with van der Waals surface area (Å²) in [6.07, 6.45) is 0.198. The summed E-state index contributed by atoms with van der Waals surface area (Å²) in [7, 11) is 3.21. The quantitative estimate of drug-likeness (QED) is 0.618. The molecule has 2 aromatic heterocycles. The van der Waals surface area contributed by atoms with Crippen LogP contribution in [0, 0.1) is 12.8 Å². The van der Waals surface area contributed by atoms with Gasteiger partial charge in [-0.3, -0.25) is 9.59 Å². The SMILES string of the molecule is COCCN1CC(C(=O)Nc2cc(C)nn2-c2nc3ccc(OC)cc3s2)CC1=O. The number of likely N-dealkylation sites (tertiary alicyclic amines) is 1. The molecule has 3 heterocycles. The minimum atomic E-state index is -0.405. The normalized spacial score (nSPS) is 16.4. The summed E-state index contributed by atoms with van der Waals surface area (Å²) in [6.45, 7) is 3.19. The van der Waals surface area contributed by atoms with Gasteiger partial charge in [-0.15, -0.1) is 0 Å². The molecule has 1 unspecified atom stereocenters. The molecule has 1 saturated heterocycles. The standard InChI is InChI=1S/C20H23N5O4S/c1-12-8-17(22-19(27)13-9-18(26)24(11-13)6-7-28-2)25(23-12)20-21-15-5-4-14(29-3)10-16(15)30-20/h4-5,8,10,13H,6-7,9,11H2,1-3H3,(H,22,27). The van der Waals surface area contributed by atoms with Crippen molar-refractivity contribution in [3.8, 4) is 10.9 Å². The van der Waals surface area contributed by atoms with Crippen LogP contribution in [0.3, 0.4) is 0 Å². The zero-order valence-corrected chi connectivity index (χ0v) is 17.9. The largest absolute Gasteiger partial charge is 0.497 e. The summed E-state index contributed by atoms with van der Waals surface area (Å²) in [5.41, 5.74) is 1.59. The van der Waals surface area contributed by atoms with Crippen LogP contribution in [0.4, 0.5) is 5.82 Å². The van der Waals surface area contributed by atoms with Gasteiger partial charge in [-0.2, -0.15) is 9.78 Å². The van der Waals surface area contributed by atoms with E-state index in [-0.39, 0.29) is 18.2 Å². The van der Waals surface area contributed by atoms with E-state index in [1.807, 2.05) is 25.1 Å². The maximum atomic E-state index is 12.8. The fourth-order valence-electron chi connectivity index (χ4n) is 3.44. The van der Waals surface area contributed by atoms with Crippen molar-refractivity contribution >= 4 is 39.2 Å². The molecule has 4 rings (SSSR count). The number of hydrogen-bond donors (Lipinski definition) is 1. The summed E-state index contributed by atoms with van der Waals surface area (Å²) >= 11 is 1.46. The molecule has 10 heteroatoms. The van der Waals surface area contributed by atoms with Gasteiger partial charge in [0.2, 0.25) is 16.9 Å². The van der Waals surface area contributed by atoms with Gasteiger partial charge in [0.1, 0.15) is 11.6 Å². The zero-order chi connectivity index (χ0) is 21.3. The Morgan fingerprint density at radius 3 is 2.93 bits per heavy atom. The monoisotopic (exact) mass is 429 g/mol. The van der Waals surface area contributed by atoms with Gasteiger partial charge in [-0.25, -0.2) is 4.98 Å². The molecule has 1 atom stereocenters. The Morgan fingerprint density at radius 2 is 2.17 bits per heavy atom. The van der Waals surface area contributed by atoms with Crippen molar-refractivity contribution in [2.45, 2.75) is 13.3 Å². The Hall–Kier alpha value is -2.98. The number of rotatable bonds is 7. The van der Waals surface area contributed by atoms with Crippen molar-refractivity contribution in [1.29, 1.82) is 0 Å². The molecule has 1 aromatic carbocycles. The van der Waals surface area contributed by atoms with Crippen molar-refractivity contribution in [2.24, 2.45) is 5.92 Å². The number of benzene rings is 1. The molecule has 9 nitrogen and oxygen atoms in total. The van der Waals surface area contributed by atoms with E-state index < -0.39 is 5.92 Å². The van der Waals surface area contributed by atoms with E-state index in [1.54, 1.807) is 29.9 Å². The average molecular weight is 430 g/mol. The third-order valence-electron chi connectivity index (χ3n) is 5.00. The summed E-state index contributed by atoms with van der Waals surface area (Å²) in [6, 6.07) is 7.46. The minimum Gasteiger partial charge on any atom is -0.497 e. The number of methoxy groups -OCH3 is 2. The van der Waals surface area contributed by atoms with Gasteiger partial charge in [-0.1, -0.05) is 11.3 Å². The third kappa shape index (κ3) is 4.01. The summed E-state index contributed by atoms with van der Waals surface area (Å²) in [5.74, 6) is 0.653. The molecule has 1 N–H and O–H groups in total. The van der Waals surface area contributed by atoms with Gasteiger partial charge in [0.05, 0.1) is 35.5 Å². The van der Waals surface area contributed by atoms with E-state index >= 15 is 0 Å². The number of fused-ring (bicyclic) bond motifs is 1. The van der Waals surface area contributed by atoms with Crippen molar-refractivity contribution in [2.75, 3.05) is 39.2 Å². The van der Waals surface area contributed by atoms with Crippen LogP contribution >= 0.6 is 11.3 Å². The molecule has 0 bridgehead atoms. The van der Waals surface area contributed by atoms with Crippen LogP contribution in [0.25, 0.3) is 15.3 Å². The lowest BCUT2D eigenvalue weighted by atomic mass is 10.1. The fourth-order valence-corrected chi connectivity index (χ4v) is 4.40. The highest BCUT2D eigenvalue weighted by Crippen LogP contribution is 2.30. The van der Waals surface area contributed by atoms with E-state index in [1.165, 1.54) is 11.3 Å². The molecular weight excluding hydrogens is 406 g/mol. The molecule has 3 aromatic rings. The molecule has 1 fully saturated rings. The van der Waals surface area contributed by atoms with Crippen LogP contribution in [-0.4, -0.2) is 65.4 Å². The molecule has 0 aliphatic carbocycles. The van der Waals surface area contributed by atoms with Gasteiger partial charge in [-0.05, 0) is 25.1 Å². The molecule has 1 aliphatic heterocycles. The van der Waals surface area contributed by atoms with E-state index in [0.29, 0.717) is 30.6 Å². The lowest BCUT2D eigenvalue weighted by Gasteiger charge is -2.15. The van der Waals surface area contributed by atoms with Crippen molar-refractivity contribution < 1.29 is 19.1 Å². The van der Waals surface area contributed by atoms with E-state index in [4.69, 9.17) is 9.47 Å². The van der Waals surface area contributed by atoms with Crippen LogP contribution in [0.2, 0.25) is 0 Å². The molecule has 158 valence electrons. The molecular formula is C20H23N5O4S. The fraction of sp³-hybridized carbons (Fsp3) is 0.400.